The monoisotopic (exact) mass is 123 g/mol. The maximum Gasteiger partial charge on any atom is 0.270 e. The molecule has 0 bridgehead atoms. The van der Waals surface area contributed by atoms with Crippen LogP contribution in [0.1, 0.15) is 0 Å². The first-order valence-electron chi connectivity index (χ1n) is 1.31. The second-order valence-electron chi connectivity index (χ2n) is 0.909. The minimum atomic E-state index is -3.88. The Morgan fingerprint density at radius 3 is 1.71 bits per heavy atom. The molecule has 5 N–H and O–H groups in total. The molecule has 5 nitrogen and oxygen atoms in total. The van der Waals surface area contributed by atoms with Crippen LogP contribution in [-0.4, -0.2) is 13.6 Å². The third-order valence-corrected chi connectivity index (χ3v) is 0.920. The summed E-state index contributed by atoms with van der Waals surface area (Å²) in [7, 11) is -3.88. The van der Waals surface area contributed by atoms with E-state index >= 15 is 0 Å². The highest BCUT2D eigenvalue weighted by Gasteiger charge is 2.03. The summed E-state index contributed by atoms with van der Waals surface area (Å²) in [5.41, 5.74) is 4.44. The van der Waals surface area contributed by atoms with E-state index in [1.807, 2.05) is 0 Å². The fraction of sp³-hybridized carbons (Fsp3) is 0. The summed E-state index contributed by atoms with van der Waals surface area (Å²) < 4.78 is 19.5. The first kappa shape index (κ1) is 6.38. The first-order chi connectivity index (χ1) is 2.94. The van der Waals surface area contributed by atoms with Gasteiger partial charge in [0.25, 0.3) is 10.0 Å². The molecule has 0 spiro atoms. The van der Waals surface area contributed by atoms with Gasteiger partial charge in [-0.3, -0.25) is 5.41 Å². The molecule has 0 radical (unpaired) electrons. The van der Waals surface area contributed by atoms with Crippen LogP contribution in [0.2, 0.25) is 0 Å². The van der Waals surface area contributed by atoms with E-state index in [2.05, 4.69) is 10.9 Å². The Kier molecular flexibility index (Phi) is 1.34. The van der Waals surface area contributed by atoms with E-state index in [0.717, 1.165) is 0 Å². The van der Waals surface area contributed by atoms with Crippen LogP contribution in [0.25, 0.3) is 0 Å². The highest BCUT2D eigenvalue weighted by molar-refractivity contribution is 8.04. The Labute approximate surface area is 40.9 Å². The fourth-order valence-electron chi connectivity index (χ4n) is 0. The molecule has 0 rings (SSSR count). The minimum absolute atomic E-state index is 1.01. The number of rotatable bonds is 0. The standard InChI is InChI=1S/CH5N3O2S/c2-1(3)7(4,5)6/h(H3,2,3)(H2,4,5,6). The quantitative estimate of drug-likeness (QED) is 0.260. The normalized spacial score (nSPS) is 11.0. The maximum atomic E-state index is 9.76. The van der Waals surface area contributed by atoms with Crippen molar-refractivity contribution in [3.05, 3.63) is 0 Å². The fourth-order valence-corrected chi connectivity index (χ4v) is 0. The zero-order valence-corrected chi connectivity index (χ0v) is 4.20. The van der Waals surface area contributed by atoms with Crippen LogP contribution in [0.4, 0.5) is 0 Å². The molecular formula is CH5N3O2S. The summed E-state index contributed by atoms with van der Waals surface area (Å²) in [4.78, 5) is 0. The van der Waals surface area contributed by atoms with E-state index in [1.54, 1.807) is 0 Å². The molecule has 0 atom stereocenters. The average molecular weight is 123 g/mol. The Bertz CT molecular complexity index is 167. The third kappa shape index (κ3) is 2.12. The van der Waals surface area contributed by atoms with Crippen molar-refractivity contribution in [2.75, 3.05) is 0 Å². The predicted octanol–water partition coefficient (Wildman–Crippen LogP) is -1.83. The second kappa shape index (κ2) is 1.47. The number of sulfonamides is 1. The number of primary sulfonamides is 1. The largest absolute Gasteiger partial charge is 0.373 e. The molecule has 0 fully saturated rings. The van der Waals surface area contributed by atoms with Crippen molar-refractivity contribution in [1.29, 1.82) is 5.41 Å². The molecule has 6 heteroatoms. The Morgan fingerprint density at radius 2 is 1.71 bits per heavy atom. The summed E-state index contributed by atoms with van der Waals surface area (Å²) in [5.74, 6) is 0. The smallest absolute Gasteiger partial charge is 0.270 e. The van der Waals surface area contributed by atoms with Crippen LogP contribution in [0, 0.1) is 5.41 Å². The lowest BCUT2D eigenvalue weighted by molar-refractivity contribution is 0.608. The summed E-state index contributed by atoms with van der Waals surface area (Å²) in [6.07, 6.45) is 0. The van der Waals surface area contributed by atoms with Gasteiger partial charge in [0, 0.05) is 0 Å². The van der Waals surface area contributed by atoms with Gasteiger partial charge in [-0.2, -0.15) is 0 Å². The van der Waals surface area contributed by atoms with Crippen molar-refractivity contribution in [2.24, 2.45) is 10.9 Å². The van der Waals surface area contributed by atoms with Crippen LogP contribution in [0.5, 0.6) is 0 Å². The topological polar surface area (TPSA) is 110 Å². The van der Waals surface area contributed by atoms with Gasteiger partial charge in [0.05, 0.1) is 0 Å². The van der Waals surface area contributed by atoms with Crippen molar-refractivity contribution < 1.29 is 8.42 Å². The molecule has 0 aromatic carbocycles. The molecule has 0 aliphatic carbocycles. The zero-order valence-electron chi connectivity index (χ0n) is 3.38. The third-order valence-electron chi connectivity index (χ3n) is 0.307. The van der Waals surface area contributed by atoms with E-state index < -0.39 is 15.2 Å². The van der Waals surface area contributed by atoms with Gasteiger partial charge in [-0.15, -0.1) is 0 Å². The lowest BCUT2D eigenvalue weighted by Gasteiger charge is -1.86. The molecule has 0 saturated heterocycles. The van der Waals surface area contributed by atoms with E-state index in [-0.39, 0.29) is 0 Å². The molecule has 0 saturated carbocycles. The maximum absolute atomic E-state index is 9.76. The Hall–Kier alpha value is -0.620. The zero-order chi connectivity index (χ0) is 6.08. The Morgan fingerprint density at radius 1 is 1.57 bits per heavy atom. The van der Waals surface area contributed by atoms with Crippen LogP contribution in [-0.2, 0) is 10.0 Å². The number of nitrogens with two attached hydrogens (primary N) is 2. The van der Waals surface area contributed by atoms with Crippen molar-refractivity contribution in [3.63, 3.8) is 0 Å². The molecule has 42 valence electrons. The molecule has 0 aromatic heterocycles. The Balaban J connectivity index is 4.43. The van der Waals surface area contributed by atoms with E-state index in [9.17, 15) is 8.42 Å². The summed E-state index contributed by atoms with van der Waals surface area (Å²) in [6.45, 7) is 0. The van der Waals surface area contributed by atoms with Crippen molar-refractivity contribution in [2.45, 2.75) is 0 Å². The van der Waals surface area contributed by atoms with Crippen LogP contribution in [0.15, 0.2) is 0 Å². The second-order valence-corrected chi connectivity index (χ2v) is 2.44. The number of amidine groups is 1. The summed E-state index contributed by atoms with van der Waals surface area (Å²) >= 11 is 0. The molecule has 7 heavy (non-hydrogen) atoms. The van der Waals surface area contributed by atoms with Crippen LogP contribution >= 0.6 is 0 Å². The lowest BCUT2D eigenvalue weighted by atomic mass is 11.4. The first-order valence-corrected chi connectivity index (χ1v) is 2.86. The molecule has 0 amide bonds. The van der Waals surface area contributed by atoms with Gasteiger partial charge < -0.3 is 5.73 Å². The highest BCUT2D eigenvalue weighted by atomic mass is 32.2. The molecule has 0 aromatic rings. The van der Waals surface area contributed by atoms with Crippen molar-refractivity contribution >= 4 is 15.2 Å². The summed E-state index contributed by atoms with van der Waals surface area (Å²) in [5, 5.41) is 9.50. The highest BCUT2D eigenvalue weighted by Crippen LogP contribution is 1.67. The number of hydrogen-bond donors (Lipinski definition) is 3. The summed E-state index contributed by atoms with van der Waals surface area (Å²) in [6, 6.07) is 0. The molecule has 0 heterocycles. The van der Waals surface area contributed by atoms with E-state index in [4.69, 9.17) is 5.41 Å². The SMILES string of the molecule is N=C(N)S(N)(=O)=O. The number of hydrogen-bond acceptors (Lipinski definition) is 3. The molecule has 0 aliphatic rings. The van der Waals surface area contributed by atoms with E-state index in [0.29, 0.717) is 0 Å². The van der Waals surface area contributed by atoms with Gasteiger partial charge in [-0.25, -0.2) is 13.6 Å². The van der Waals surface area contributed by atoms with Crippen LogP contribution < -0.4 is 10.9 Å². The predicted molar refractivity (Wildman–Crippen MR) is 25.0 cm³/mol. The molecule has 0 aliphatic heterocycles. The van der Waals surface area contributed by atoms with Gasteiger partial charge >= 0.3 is 0 Å². The van der Waals surface area contributed by atoms with Gasteiger partial charge in [-0.1, -0.05) is 0 Å². The van der Waals surface area contributed by atoms with Crippen molar-refractivity contribution in [3.8, 4) is 0 Å². The molecule has 0 unspecified atom stereocenters. The lowest BCUT2D eigenvalue weighted by Crippen LogP contribution is -2.29. The van der Waals surface area contributed by atoms with Crippen LogP contribution in [0.3, 0.4) is 0 Å². The minimum Gasteiger partial charge on any atom is -0.373 e. The van der Waals surface area contributed by atoms with Crippen molar-refractivity contribution in [1.82, 2.24) is 0 Å². The number of nitrogens with one attached hydrogen (secondary N) is 1. The van der Waals surface area contributed by atoms with Gasteiger partial charge in [-0.05, 0) is 0 Å². The average Bonchev–Trinajstić information content (AvgIpc) is 1.31. The van der Waals surface area contributed by atoms with E-state index in [1.165, 1.54) is 0 Å². The van der Waals surface area contributed by atoms with Gasteiger partial charge in [0.2, 0.25) is 5.17 Å². The molecular weight excluding hydrogens is 118 g/mol. The van der Waals surface area contributed by atoms with Gasteiger partial charge in [0.15, 0.2) is 0 Å². The van der Waals surface area contributed by atoms with Gasteiger partial charge in [0.1, 0.15) is 0 Å².